The van der Waals surface area contributed by atoms with Gasteiger partial charge in [-0.15, -0.1) is 11.3 Å². The Balaban J connectivity index is 1.48. The molecule has 1 aromatic carbocycles. The maximum atomic E-state index is 12.4. The van der Waals surface area contributed by atoms with Crippen LogP contribution in [-0.4, -0.2) is 29.8 Å². The third-order valence-corrected chi connectivity index (χ3v) is 6.50. The summed E-state index contributed by atoms with van der Waals surface area (Å²) in [5.74, 6) is 1.33. The Kier molecular flexibility index (Phi) is 8.05. The molecule has 0 bridgehead atoms. The van der Waals surface area contributed by atoms with Crippen LogP contribution in [-0.2, 0) is 22.7 Å². The number of nitrogens with one attached hydrogen (secondary N) is 2. The highest BCUT2D eigenvalue weighted by Crippen LogP contribution is 2.23. The molecular formula is C24H33N3O2S. The van der Waals surface area contributed by atoms with Crippen molar-refractivity contribution in [1.29, 1.82) is 0 Å². The number of piperidine rings is 1. The first-order valence-electron chi connectivity index (χ1n) is 10.8. The molecule has 1 aliphatic heterocycles. The summed E-state index contributed by atoms with van der Waals surface area (Å²) in [5.41, 5.74) is 2.40. The van der Waals surface area contributed by atoms with Gasteiger partial charge in [-0.1, -0.05) is 44.2 Å². The smallest absolute Gasteiger partial charge is 0.222 e. The summed E-state index contributed by atoms with van der Waals surface area (Å²) in [6.45, 7) is 9.97. The van der Waals surface area contributed by atoms with Crippen molar-refractivity contribution in [2.75, 3.05) is 13.1 Å². The van der Waals surface area contributed by atoms with Crippen LogP contribution in [0, 0.1) is 11.8 Å². The molecule has 1 saturated heterocycles. The van der Waals surface area contributed by atoms with Gasteiger partial charge in [-0.25, -0.2) is 0 Å². The van der Waals surface area contributed by atoms with Crippen molar-refractivity contribution < 1.29 is 9.59 Å². The Labute approximate surface area is 183 Å². The van der Waals surface area contributed by atoms with Crippen LogP contribution in [0.3, 0.4) is 0 Å². The van der Waals surface area contributed by atoms with Gasteiger partial charge in [-0.3, -0.25) is 14.5 Å². The molecule has 1 aromatic heterocycles. The number of amides is 2. The van der Waals surface area contributed by atoms with Crippen molar-refractivity contribution in [3.05, 3.63) is 57.8 Å². The topological polar surface area (TPSA) is 61.4 Å². The van der Waals surface area contributed by atoms with E-state index in [1.54, 1.807) is 11.3 Å². The van der Waals surface area contributed by atoms with E-state index in [0.29, 0.717) is 6.54 Å². The molecule has 3 atom stereocenters. The first-order valence-corrected chi connectivity index (χ1v) is 11.6. The van der Waals surface area contributed by atoms with Crippen LogP contribution in [0.25, 0.3) is 0 Å². The minimum atomic E-state index is -0.279. The number of nitrogens with zero attached hydrogens (tertiary/aromatic N) is 1. The number of likely N-dealkylation sites (tertiary alicyclic amines) is 1. The van der Waals surface area contributed by atoms with E-state index in [9.17, 15) is 9.59 Å². The molecule has 0 radical (unpaired) electrons. The van der Waals surface area contributed by atoms with Crippen molar-refractivity contribution in [2.24, 2.45) is 11.8 Å². The first kappa shape index (κ1) is 22.5. The fraction of sp³-hybridized carbons (Fsp3) is 0.500. The number of thiophene rings is 1. The molecule has 2 aromatic rings. The predicted octanol–water partition coefficient (Wildman–Crippen LogP) is 4.11. The van der Waals surface area contributed by atoms with E-state index in [-0.39, 0.29) is 24.3 Å². The summed E-state index contributed by atoms with van der Waals surface area (Å²) in [5, 5.41) is 7.80. The summed E-state index contributed by atoms with van der Waals surface area (Å²) in [7, 11) is 0. The summed E-state index contributed by atoms with van der Waals surface area (Å²) >= 11 is 1.55. The first-order chi connectivity index (χ1) is 14.4. The lowest BCUT2D eigenvalue weighted by Crippen LogP contribution is -2.38. The number of benzene rings is 1. The normalized spacial score (nSPS) is 20.5. The molecular weight excluding hydrogens is 394 g/mol. The van der Waals surface area contributed by atoms with Gasteiger partial charge in [0.2, 0.25) is 11.8 Å². The molecule has 1 fully saturated rings. The molecule has 5 nitrogen and oxygen atoms in total. The number of rotatable bonds is 8. The summed E-state index contributed by atoms with van der Waals surface area (Å²) in [4.78, 5) is 27.4. The van der Waals surface area contributed by atoms with E-state index in [1.165, 1.54) is 32.0 Å². The van der Waals surface area contributed by atoms with Crippen LogP contribution >= 0.6 is 11.3 Å². The molecule has 30 heavy (non-hydrogen) atoms. The predicted molar refractivity (Wildman–Crippen MR) is 122 cm³/mol. The second-order valence-electron chi connectivity index (χ2n) is 8.71. The van der Waals surface area contributed by atoms with E-state index >= 15 is 0 Å². The molecule has 2 N–H and O–H groups in total. The van der Waals surface area contributed by atoms with Gasteiger partial charge in [0.15, 0.2) is 0 Å². The van der Waals surface area contributed by atoms with Crippen molar-refractivity contribution >= 4 is 23.2 Å². The molecule has 162 valence electrons. The average molecular weight is 428 g/mol. The van der Waals surface area contributed by atoms with E-state index in [0.717, 1.165) is 28.8 Å². The van der Waals surface area contributed by atoms with Crippen LogP contribution < -0.4 is 10.6 Å². The van der Waals surface area contributed by atoms with E-state index in [4.69, 9.17) is 0 Å². The van der Waals surface area contributed by atoms with Crippen molar-refractivity contribution in [1.82, 2.24) is 15.5 Å². The van der Waals surface area contributed by atoms with E-state index in [1.807, 2.05) is 17.5 Å². The summed E-state index contributed by atoms with van der Waals surface area (Å²) in [6.07, 6.45) is 1.56. The van der Waals surface area contributed by atoms with Crippen molar-refractivity contribution in [3.63, 3.8) is 0 Å². The highest BCUT2D eigenvalue weighted by molar-refractivity contribution is 7.10. The molecule has 2 amide bonds. The lowest BCUT2D eigenvalue weighted by molar-refractivity contribution is -0.122. The molecule has 3 rings (SSSR count). The Morgan fingerprint density at radius 1 is 1.10 bits per heavy atom. The number of carbonyl (C=O) groups excluding carboxylic acids is 2. The fourth-order valence-corrected chi connectivity index (χ4v) is 5.14. The van der Waals surface area contributed by atoms with Gasteiger partial charge >= 0.3 is 0 Å². The lowest BCUT2D eigenvalue weighted by Gasteiger charge is -2.35. The van der Waals surface area contributed by atoms with E-state index in [2.05, 4.69) is 53.6 Å². The van der Waals surface area contributed by atoms with Gasteiger partial charge in [0, 0.05) is 38.0 Å². The Morgan fingerprint density at radius 2 is 1.77 bits per heavy atom. The lowest BCUT2D eigenvalue weighted by atomic mass is 9.91. The zero-order valence-corrected chi connectivity index (χ0v) is 19.0. The zero-order valence-electron chi connectivity index (χ0n) is 18.2. The van der Waals surface area contributed by atoms with Gasteiger partial charge in [-0.05, 0) is 40.8 Å². The van der Waals surface area contributed by atoms with Gasteiger partial charge in [0.05, 0.1) is 12.5 Å². The standard InChI is InChI=1S/C24H33N3O2S/c1-17-11-18(2)15-27(14-17)16-21-8-6-20(7-9-21)13-25-24(29)12-22(26-19(3)28)23-5-4-10-30-23/h4-10,17-18,22H,11-16H2,1-3H3,(H,25,29)(H,26,28)/t17-,18-,22+/m0/s1. The summed E-state index contributed by atoms with van der Waals surface area (Å²) < 4.78 is 0. The molecule has 0 spiro atoms. The zero-order chi connectivity index (χ0) is 21.5. The Hall–Kier alpha value is -2.18. The van der Waals surface area contributed by atoms with Crippen LogP contribution in [0.4, 0.5) is 0 Å². The van der Waals surface area contributed by atoms with Gasteiger partial charge in [0.1, 0.15) is 0 Å². The van der Waals surface area contributed by atoms with Crippen LogP contribution in [0.2, 0.25) is 0 Å². The molecule has 1 aliphatic rings. The highest BCUT2D eigenvalue weighted by Gasteiger charge is 2.21. The maximum Gasteiger partial charge on any atom is 0.222 e. The quantitative estimate of drug-likeness (QED) is 0.666. The number of hydrogen-bond acceptors (Lipinski definition) is 4. The SMILES string of the molecule is CC(=O)N[C@H](CC(=O)NCc1ccc(CN2C[C@@H](C)C[C@H](C)C2)cc1)c1cccs1. The van der Waals surface area contributed by atoms with Crippen LogP contribution in [0.5, 0.6) is 0 Å². The van der Waals surface area contributed by atoms with Crippen LogP contribution in [0.15, 0.2) is 41.8 Å². The molecule has 6 heteroatoms. The molecule has 0 aliphatic carbocycles. The second kappa shape index (κ2) is 10.7. The minimum Gasteiger partial charge on any atom is -0.352 e. The van der Waals surface area contributed by atoms with Crippen LogP contribution in [0.1, 0.15) is 55.7 Å². The Morgan fingerprint density at radius 3 is 2.37 bits per heavy atom. The van der Waals surface area contributed by atoms with Crippen molar-refractivity contribution in [3.8, 4) is 0 Å². The summed E-state index contributed by atoms with van der Waals surface area (Å²) in [6, 6.07) is 12.1. The largest absolute Gasteiger partial charge is 0.352 e. The van der Waals surface area contributed by atoms with Gasteiger partial charge in [-0.2, -0.15) is 0 Å². The third-order valence-electron chi connectivity index (χ3n) is 5.52. The average Bonchev–Trinajstić information content (AvgIpc) is 3.20. The third kappa shape index (κ3) is 6.96. The highest BCUT2D eigenvalue weighted by atomic mass is 32.1. The molecule has 0 unspecified atom stereocenters. The molecule has 0 saturated carbocycles. The Bertz CT molecular complexity index is 809. The monoisotopic (exact) mass is 427 g/mol. The second-order valence-corrected chi connectivity index (χ2v) is 9.69. The minimum absolute atomic E-state index is 0.0671. The molecule has 2 heterocycles. The maximum absolute atomic E-state index is 12.4. The number of hydrogen-bond donors (Lipinski definition) is 2. The van der Waals surface area contributed by atoms with Gasteiger partial charge in [0.25, 0.3) is 0 Å². The fourth-order valence-electron chi connectivity index (χ4n) is 4.36. The van der Waals surface area contributed by atoms with Gasteiger partial charge < -0.3 is 10.6 Å². The van der Waals surface area contributed by atoms with Crippen molar-refractivity contribution in [2.45, 2.75) is 52.7 Å². The van der Waals surface area contributed by atoms with E-state index < -0.39 is 0 Å². The number of carbonyl (C=O) groups is 2.